The average molecular weight is 272 g/mol. The molecule has 1 atom stereocenters. The zero-order valence-electron chi connectivity index (χ0n) is 12.4. The van der Waals surface area contributed by atoms with E-state index in [4.69, 9.17) is 5.11 Å². The third kappa shape index (κ3) is 10.5. The fourth-order valence-corrected chi connectivity index (χ4v) is 1.91. The second kappa shape index (κ2) is 10.8. The fourth-order valence-electron chi connectivity index (χ4n) is 1.91. The number of carboxylic acid groups (broad SMARTS) is 1. The molecule has 0 heterocycles. The van der Waals surface area contributed by atoms with E-state index in [1.54, 1.807) is 6.92 Å². The standard InChI is InChI=1S/C14H28N2O3/c1-4-5-6-9-16(11-12(2)14(18)19)10-7-8-15-13(3)17/h12H,4-11H2,1-3H3,(H,15,17)(H,18,19). The van der Waals surface area contributed by atoms with Crippen molar-refractivity contribution < 1.29 is 14.7 Å². The van der Waals surface area contributed by atoms with Gasteiger partial charge in [-0.05, 0) is 25.9 Å². The molecule has 0 saturated heterocycles. The fraction of sp³-hybridized carbons (Fsp3) is 0.857. The summed E-state index contributed by atoms with van der Waals surface area (Å²) in [4.78, 5) is 23.9. The summed E-state index contributed by atoms with van der Waals surface area (Å²) in [6.07, 6.45) is 4.29. The number of carboxylic acids is 1. The van der Waals surface area contributed by atoms with E-state index in [2.05, 4.69) is 17.1 Å². The Labute approximate surface area is 116 Å². The lowest BCUT2D eigenvalue weighted by Gasteiger charge is -2.24. The minimum Gasteiger partial charge on any atom is -0.481 e. The Morgan fingerprint density at radius 1 is 1.21 bits per heavy atom. The molecular formula is C14H28N2O3. The Bertz CT molecular complexity index is 269. The van der Waals surface area contributed by atoms with Gasteiger partial charge in [0.15, 0.2) is 0 Å². The Balaban J connectivity index is 4.02. The van der Waals surface area contributed by atoms with Crippen molar-refractivity contribution in [3.63, 3.8) is 0 Å². The number of rotatable bonds is 11. The maximum absolute atomic E-state index is 10.9. The quantitative estimate of drug-likeness (QED) is 0.562. The molecule has 0 aromatic heterocycles. The van der Waals surface area contributed by atoms with E-state index in [1.807, 2.05) is 0 Å². The van der Waals surface area contributed by atoms with Crippen molar-refractivity contribution in [1.29, 1.82) is 0 Å². The molecular weight excluding hydrogens is 244 g/mol. The van der Waals surface area contributed by atoms with Crippen LogP contribution in [0.2, 0.25) is 0 Å². The Morgan fingerprint density at radius 2 is 1.84 bits per heavy atom. The number of carbonyl (C=O) groups excluding carboxylic acids is 1. The van der Waals surface area contributed by atoms with Crippen LogP contribution in [0.4, 0.5) is 0 Å². The Hall–Kier alpha value is -1.10. The third-order valence-corrected chi connectivity index (χ3v) is 3.06. The molecule has 0 saturated carbocycles. The average Bonchev–Trinajstić information content (AvgIpc) is 2.33. The van der Waals surface area contributed by atoms with Crippen LogP contribution >= 0.6 is 0 Å². The van der Waals surface area contributed by atoms with Gasteiger partial charge in [-0.3, -0.25) is 9.59 Å². The van der Waals surface area contributed by atoms with Crippen molar-refractivity contribution in [1.82, 2.24) is 10.2 Å². The topological polar surface area (TPSA) is 69.6 Å². The van der Waals surface area contributed by atoms with Crippen LogP contribution in [-0.4, -0.2) is 48.1 Å². The van der Waals surface area contributed by atoms with Gasteiger partial charge in [-0.2, -0.15) is 0 Å². The SMILES string of the molecule is CCCCCN(CCCNC(C)=O)CC(C)C(=O)O. The molecule has 0 fully saturated rings. The van der Waals surface area contributed by atoms with Gasteiger partial charge in [0, 0.05) is 20.0 Å². The summed E-state index contributed by atoms with van der Waals surface area (Å²) < 4.78 is 0. The van der Waals surface area contributed by atoms with E-state index in [0.29, 0.717) is 13.1 Å². The summed E-state index contributed by atoms with van der Waals surface area (Å²) in [6, 6.07) is 0. The largest absolute Gasteiger partial charge is 0.481 e. The van der Waals surface area contributed by atoms with E-state index < -0.39 is 5.97 Å². The third-order valence-electron chi connectivity index (χ3n) is 3.06. The minimum absolute atomic E-state index is 0.0172. The van der Waals surface area contributed by atoms with E-state index in [1.165, 1.54) is 13.3 Å². The van der Waals surface area contributed by atoms with Crippen molar-refractivity contribution in [2.75, 3.05) is 26.2 Å². The zero-order chi connectivity index (χ0) is 14.7. The van der Waals surface area contributed by atoms with Gasteiger partial charge >= 0.3 is 5.97 Å². The Kier molecular flexibility index (Phi) is 10.2. The molecule has 0 aromatic rings. The molecule has 1 unspecified atom stereocenters. The van der Waals surface area contributed by atoms with E-state index in [-0.39, 0.29) is 11.8 Å². The van der Waals surface area contributed by atoms with Gasteiger partial charge in [0.2, 0.25) is 5.91 Å². The van der Waals surface area contributed by atoms with Crippen LogP contribution in [0.25, 0.3) is 0 Å². The van der Waals surface area contributed by atoms with Crippen molar-refractivity contribution in [2.45, 2.75) is 46.5 Å². The molecule has 1 amide bonds. The lowest BCUT2D eigenvalue weighted by atomic mass is 10.1. The highest BCUT2D eigenvalue weighted by molar-refractivity contribution is 5.72. The van der Waals surface area contributed by atoms with Crippen LogP contribution in [0.1, 0.15) is 46.5 Å². The first-order chi connectivity index (χ1) is 8.97. The van der Waals surface area contributed by atoms with E-state index >= 15 is 0 Å². The first kappa shape index (κ1) is 17.9. The molecule has 0 rings (SSSR count). The molecule has 2 N–H and O–H groups in total. The molecule has 5 heteroatoms. The van der Waals surface area contributed by atoms with E-state index in [9.17, 15) is 9.59 Å². The smallest absolute Gasteiger partial charge is 0.307 e. The summed E-state index contributed by atoms with van der Waals surface area (Å²) in [5, 5.41) is 11.7. The molecule has 0 aromatic carbocycles. The summed E-state index contributed by atoms with van der Waals surface area (Å²) in [5.41, 5.74) is 0. The summed E-state index contributed by atoms with van der Waals surface area (Å²) in [5.74, 6) is -1.11. The predicted octanol–water partition coefficient (Wildman–Crippen LogP) is 1.73. The molecule has 5 nitrogen and oxygen atoms in total. The lowest BCUT2D eigenvalue weighted by Crippen LogP contribution is -2.35. The number of hydrogen-bond acceptors (Lipinski definition) is 3. The Morgan fingerprint density at radius 3 is 2.37 bits per heavy atom. The summed E-state index contributed by atoms with van der Waals surface area (Å²) in [6.45, 7) is 8.41. The molecule has 0 aliphatic rings. The zero-order valence-corrected chi connectivity index (χ0v) is 12.4. The highest BCUT2D eigenvalue weighted by atomic mass is 16.4. The molecule has 0 spiro atoms. The van der Waals surface area contributed by atoms with E-state index in [0.717, 1.165) is 32.4 Å². The highest BCUT2D eigenvalue weighted by Gasteiger charge is 2.15. The van der Waals surface area contributed by atoms with Gasteiger partial charge in [-0.15, -0.1) is 0 Å². The minimum atomic E-state index is -0.748. The van der Waals surface area contributed by atoms with Crippen LogP contribution in [0.5, 0.6) is 0 Å². The maximum Gasteiger partial charge on any atom is 0.307 e. The summed E-state index contributed by atoms with van der Waals surface area (Å²) >= 11 is 0. The van der Waals surface area contributed by atoms with Crippen molar-refractivity contribution in [3.8, 4) is 0 Å². The molecule has 112 valence electrons. The maximum atomic E-state index is 10.9. The highest BCUT2D eigenvalue weighted by Crippen LogP contribution is 2.04. The monoisotopic (exact) mass is 272 g/mol. The van der Waals surface area contributed by atoms with Crippen LogP contribution in [0.3, 0.4) is 0 Å². The van der Waals surface area contributed by atoms with Crippen LogP contribution in [0, 0.1) is 5.92 Å². The van der Waals surface area contributed by atoms with Crippen molar-refractivity contribution in [2.24, 2.45) is 5.92 Å². The second-order valence-electron chi connectivity index (χ2n) is 5.08. The van der Waals surface area contributed by atoms with Gasteiger partial charge < -0.3 is 15.3 Å². The van der Waals surface area contributed by atoms with Gasteiger partial charge in [-0.1, -0.05) is 26.7 Å². The second-order valence-corrected chi connectivity index (χ2v) is 5.08. The number of hydrogen-bond donors (Lipinski definition) is 2. The normalized spacial score (nSPS) is 12.4. The van der Waals surface area contributed by atoms with Crippen LogP contribution < -0.4 is 5.32 Å². The van der Waals surface area contributed by atoms with Crippen LogP contribution in [-0.2, 0) is 9.59 Å². The summed E-state index contributed by atoms with van der Waals surface area (Å²) in [7, 11) is 0. The lowest BCUT2D eigenvalue weighted by molar-refractivity contribution is -0.141. The number of aliphatic carboxylic acids is 1. The van der Waals surface area contributed by atoms with Gasteiger partial charge in [-0.25, -0.2) is 0 Å². The molecule has 0 aliphatic carbocycles. The number of nitrogens with zero attached hydrogens (tertiary/aromatic N) is 1. The molecule has 19 heavy (non-hydrogen) atoms. The van der Waals surface area contributed by atoms with Crippen LogP contribution in [0.15, 0.2) is 0 Å². The van der Waals surface area contributed by atoms with Gasteiger partial charge in [0.25, 0.3) is 0 Å². The van der Waals surface area contributed by atoms with Gasteiger partial charge in [0.1, 0.15) is 0 Å². The molecule has 0 aliphatic heterocycles. The van der Waals surface area contributed by atoms with Crippen molar-refractivity contribution in [3.05, 3.63) is 0 Å². The first-order valence-corrected chi connectivity index (χ1v) is 7.17. The molecule has 0 bridgehead atoms. The number of carbonyl (C=O) groups is 2. The van der Waals surface area contributed by atoms with Gasteiger partial charge in [0.05, 0.1) is 5.92 Å². The molecule has 0 radical (unpaired) electrons. The number of amides is 1. The predicted molar refractivity (Wildman–Crippen MR) is 76.1 cm³/mol. The number of unbranched alkanes of at least 4 members (excludes halogenated alkanes) is 2. The first-order valence-electron chi connectivity index (χ1n) is 7.17. The van der Waals surface area contributed by atoms with Crippen molar-refractivity contribution >= 4 is 11.9 Å². The number of nitrogens with one attached hydrogen (secondary N) is 1.